The zero-order valence-corrected chi connectivity index (χ0v) is 12.8. The summed E-state index contributed by atoms with van der Waals surface area (Å²) >= 11 is 7.21. The zero-order valence-electron chi connectivity index (χ0n) is 11.2. The maximum Gasteiger partial charge on any atom is 0.323 e. The number of carbonyl (C=O) groups excluding carboxylic acids is 1. The van der Waals surface area contributed by atoms with E-state index >= 15 is 0 Å². The fourth-order valence-electron chi connectivity index (χ4n) is 1.79. The molecule has 0 aliphatic rings. The molecule has 1 heterocycles. The maximum absolute atomic E-state index is 12.4. The van der Waals surface area contributed by atoms with E-state index in [4.69, 9.17) is 16.7 Å². The molecule has 0 saturated heterocycles. The number of thiophene rings is 1. The highest BCUT2D eigenvalue weighted by molar-refractivity contribution is 7.16. The summed E-state index contributed by atoms with van der Waals surface area (Å²) in [4.78, 5) is 25.4. The normalized spacial score (nSPS) is 12.5. The van der Waals surface area contributed by atoms with Gasteiger partial charge in [-0.3, -0.25) is 9.59 Å². The van der Waals surface area contributed by atoms with Gasteiger partial charge >= 0.3 is 5.97 Å². The summed E-state index contributed by atoms with van der Waals surface area (Å²) < 4.78 is 0.628. The maximum atomic E-state index is 12.4. The lowest BCUT2D eigenvalue weighted by molar-refractivity contribution is -0.145. The molecule has 1 atom stereocenters. The Morgan fingerprint density at radius 2 is 2.00 bits per heavy atom. The van der Waals surface area contributed by atoms with Crippen molar-refractivity contribution < 1.29 is 14.7 Å². The molecular weight excluding hydrogens is 286 g/mol. The Morgan fingerprint density at radius 3 is 2.42 bits per heavy atom. The monoisotopic (exact) mass is 303 g/mol. The van der Waals surface area contributed by atoms with Crippen LogP contribution in [-0.2, 0) is 9.59 Å². The molecule has 1 aromatic rings. The number of aliphatic carboxylic acids is 1. The molecule has 0 aromatic carbocycles. The number of rotatable bonds is 6. The van der Waals surface area contributed by atoms with Crippen molar-refractivity contribution in [2.24, 2.45) is 5.92 Å². The van der Waals surface area contributed by atoms with Gasteiger partial charge in [0.15, 0.2) is 0 Å². The van der Waals surface area contributed by atoms with E-state index in [1.165, 1.54) is 16.2 Å². The van der Waals surface area contributed by atoms with Crippen LogP contribution in [0.4, 0.5) is 0 Å². The molecule has 0 radical (unpaired) electrons. The number of halogens is 1. The van der Waals surface area contributed by atoms with Crippen molar-refractivity contribution in [3.8, 4) is 0 Å². The van der Waals surface area contributed by atoms with Gasteiger partial charge < -0.3 is 10.0 Å². The lowest BCUT2D eigenvalue weighted by atomic mass is 10.1. The van der Waals surface area contributed by atoms with Crippen LogP contribution >= 0.6 is 22.9 Å². The molecule has 4 nitrogen and oxygen atoms in total. The molecule has 19 heavy (non-hydrogen) atoms. The van der Waals surface area contributed by atoms with Crippen LogP contribution in [0.5, 0.6) is 0 Å². The minimum atomic E-state index is -0.995. The van der Waals surface area contributed by atoms with E-state index in [9.17, 15) is 9.59 Å². The van der Waals surface area contributed by atoms with Gasteiger partial charge in [-0.15, -0.1) is 11.3 Å². The first-order valence-corrected chi connectivity index (χ1v) is 7.26. The number of carbonyl (C=O) groups is 2. The minimum absolute atomic E-state index is 0.172. The van der Waals surface area contributed by atoms with Gasteiger partial charge in [0.05, 0.1) is 10.3 Å². The van der Waals surface area contributed by atoms with E-state index in [1.807, 2.05) is 19.9 Å². The summed E-state index contributed by atoms with van der Waals surface area (Å²) in [6.07, 6.45) is 0. The highest BCUT2D eigenvalue weighted by Gasteiger charge is 2.25. The average molecular weight is 304 g/mol. The first-order valence-electron chi connectivity index (χ1n) is 6.07. The van der Waals surface area contributed by atoms with Crippen molar-refractivity contribution in [1.82, 2.24) is 4.90 Å². The third-order valence-corrected chi connectivity index (χ3v) is 4.03. The van der Waals surface area contributed by atoms with Gasteiger partial charge in [-0.2, -0.15) is 0 Å². The van der Waals surface area contributed by atoms with Crippen molar-refractivity contribution >= 4 is 34.8 Å². The first-order chi connectivity index (χ1) is 8.81. The number of carboxylic acids is 1. The molecular formula is C13H18ClNO3S. The molecule has 1 amide bonds. The third-order valence-electron chi connectivity index (χ3n) is 2.61. The van der Waals surface area contributed by atoms with Gasteiger partial charge in [0.25, 0.3) is 0 Å². The molecule has 0 fully saturated rings. The predicted octanol–water partition coefficient (Wildman–Crippen LogP) is 3.07. The van der Waals surface area contributed by atoms with Crippen molar-refractivity contribution in [3.63, 3.8) is 0 Å². The van der Waals surface area contributed by atoms with Gasteiger partial charge in [-0.25, -0.2) is 0 Å². The highest BCUT2D eigenvalue weighted by atomic mass is 35.5. The van der Waals surface area contributed by atoms with Gasteiger partial charge in [-0.05, 0) is 25.0 Å². The molecule has 0 saturated carbocycles. The lowest BCUT2D eigenvalue weighted by Crippen LogP contribution is -2.40. The van der Waals surface area contributed by atoms with Gasteiger partial charge in [0.1, 0.15) is 6.54 Å². The van der Waals surface area contributed by atoms with Crippen LogP contribution in [0, 0.1) is 5.92 Å². The van der Waals surface area contributed by atoms with Gasteiger partial charge in [-0.1, -0.05) is 25.4 Å². The third kappa shape index (κ3) is 4.84. The molecule has 1 rings (SSSR count). The fraction of sp³-hybridized carbons (Fsp3) is 0.538. The number of amides is 1. The molecule has 106 valence electrons. The molecule has 0 aliphatic heterocycles. The Kier molecular flexibility index (Phi) is 5.82. The number of hydrogen-bond donors (Lipinski definition) is 1. The van der Waals surface area contributed by atoms with Crippen LogP contribution in [0.2, 0.25) is 4.34 Å². The Balaban J connectivity index is 2.82. The fourth-order valence-corrected chi connectivity index (χ4v) is 2.90. The molecule has 0 bridgehead atoms. The summed E-state index contributed by atoms with van der Waals surface area (Å²) in [5.74, 6) is -1.31. The van der Waals surface area contributed by atoms with Crippen LogP contribution in [0.15, 0.2) is 12.1 Å². The summed E-state index contributed by atoms with van der Waals surface area (Å²) in [5.41, 5.74) is 0. The van der Waals surface area contributed by atoms with Gasteiger partial charge in [0.2, 0.25) is 5.91 Å². The number of nitrogens with zero attached hydrogens (tertiary/aromatic N) is 1. The van der Waals surface area contributed by atoms with Crippen molar-refractivity contribution in [2.45, 2.75) is 26.7 Å². The van der Waals surface area contributed by atoms with Crippen molar-refractivity contribution in [3.05, 3.63) is 21.3 Å². The molecule has 0 spiro atoms. The molecule has 1 unspecified atom stereocenters. The topological polar surface area (TPSA) is 57.6 Å². The van der Waals surface area contributed by atoms with Crippen molar-refractivity contribution in [1.29, 1.82) is 0 Å². The molecule has 1 N–H and O–H groups in total. The second-order valence-corrected chi connectivity index (χ2v) is 6.62. The van der Waals surface area contributed by atoms with E-state index in [2.05, 4.69) is 0 Å². The highest BCUT2D eigenvalue weighted by Crippen LogP contribution is 2.29. The molecule has 1 aromatic heterocycles. The van der Waals surface area contributed by atoms with E-state index in [1.54, 1.807) is 13.0 Å². The number of carboxylic acid groups (broad SMARTS) is 1. The Bertz CT molecular complexity index is 458. The second-order valence-electron chi connectivity index (χ2n) is 4.87. The predicted molar refractivity (Wildman–Crippen MR) is 76.8 cm³/mol. The second kappa shape index (κ2) is 6.91. The largest absolute Gasteiger partial charge is 0.480 e. The van der Waals surface area contributed by atoms with Crippen molar-refractivity contribution in [2.75, 3.05) is 13.1 Å². The van der Waals surface area contributed by atoms with Gasteiger partial charge in [0, 0.05) is 11.4 Å². The van der Waals surface area contributed by atoms with E-state index < -0.39 is 5.97 Å². The van der Waals surface area contributed by atoms with Crippen LogP contribution in [0.3, 0.4) is 0 Å². The van der Waals surface area contributed by atoms with E-state index in [0.717, 1.165) is 4.88 Å². The summed E-state index contributed by atoms with van der Waals surface area (Å²) in [6, 6.07) is 3.55. The SMILES string of the molecule is CC(C)CN(CC(=O)O)C(=O)C(C)c1ccc(Cl)s1. The summed E-state index contributed by atoms with van der Waals surface area (Å²) in [6.45, 7) is 5.86. The minimum Gasteiger partial charge on any atom is -0.480 e. The number of hydrogen-bond acceptors (Lipinski definition) is 3. The summed E-state index contributed by atoms with van der Waals surface area (Å²) in [5, 5.41) is 8.89. The Hall–Kier alpha value is -1.07. The zero-order chi connectivity index (χ0) is 14.6. The Morgan fingerprint density at radius 1 is 1.37 bits per heavy atom. The first kappa shape index (κ1) is 16.0. The van der Waals surface area contributed by atoms with Crippen LogP contribution in [0.25, 0.3) is 0 Å². The average Bonchev–Trinajstić information content (AvgIpc) is 2.71. The molecule has 6 heteroatoms. The lowest BCUT2D eigenvalue weighted by Gasteiger charge is -2.25. The molecule has 0 aliphatic carbocycles. The van der Waals surface area contributed by atoms with E-state index in [0.29, 0.717) is 10.9 Å². The quantitative estimate of drug-likeness (QED) is 0.878. The van der Waals surface area contributed by atoms with Crippen LogP contribution in [-0.4, -0.2) is 35.0 Å². The standard InChI is InChI=1S/C13H18ClNO3S/c1-8(2)6-15(7-12(16)17)13(18)9(3)10-4-5-11(14)19-10/h4-5,8-9H,6-7H2,1-3H3,(H,16,17). The van der Waals surface area contributed by atoms with E-state index in [-0.39, 0.29) is 24.3 Å². The van der Waals surface area contributed by atoms with Crippen LogP contribution < -0.4 is 0 Å². The Labute approximate surface area is 122 Å². The smallest absolute Gasteiger partial charge is 0.323 e. The van der Waals surface area contributed by atoms with Crippen LogP contribution in [0.1, 0.15) is 31.6 Å². The summed E-state index contributed by atoms with van der Waals surface area (Å²) in [7, 11) is 0.